The van der Waals surface area contributed by atoms with Crippen LogP contribution in [-0.4, -0.2) is 35.1 Å². The summed E-state index contributed by atoms with van der Waals surface area (Å²) in [5.41, 5.74) is 0.537. The van der Waals surface area contributed by atoms with Gasteiger partial charge < -0.3 is 10.0 Å². The predicted octanol–water partition coefficient (Wildman–Crippen LogP) is 2.61. The lowest BCUT2D eigenvalue weighted by Gasteiger charge is -2.26. The fourth-order valence-corrected chi connectivity index (χ4v) is 2.26. The largest absolute Gasteiger partial charge is 0.481 e. The average molecular weight is 227 g/mol. The van der Waals surface area contributed by atoms with E-state index in [1.807, 2.05) is 0 Å². The molecule has 1 saturated carbocycles. The standard InChI is InChI=1S/C13H25NO2/c1-10(2)14(8-6-12(15)16)7-5-11-9-13(11,3)4/h10-11H,5-9H2,1-4H3,(H,15,16). The Hall–Kier alpha value is -0.570. The zero-order chi connectivity index (χ0) is 12.3. The summed E-state index contributed by atoms with van der Waals surface area (Å²) in [6.45, 7) is 10.6. The van der Waals surface area contributed by atoms with Crippen molar-refractivity contribution in [2.75, 3.05) is 13.1 Å². The summed E-state index contributed by atoms with van der Waals surface area (Å²) in [7, 11) is 0. The zero-order valence-electron chi connectivity index (χ0n) is 11.0. The Kier molecular flexibility index (Phi) is 4.36. The Morgan fingerprint density at radius 1 is 1.44 bits per heavy atom. The SMILES string of the molecule is CC(C)N(CCC(=O)O)CCC1CC1(C)C. The molecule has 1 unspecified atom stereocenters. The quantitative estimate of drug-likeness (QED) is 0.727. The first-order chi connectivity index (χ1) is 7.33. The summed E-state index contributed by atoms with van der Waals surface area (Å²) >= 11 is 0. The minimum Gasteiger partial charge on any atom is -0.481 e. The Morgan fingerprint density at radius 2 is 2.00 bits per heavy atom. The first-order valence-electron chi connectivity index (χ1n) is 6.29. The number of carboxylic acid groups (broad SMARTS) is 1. The van der Waals surface area contributed by atoms with Crippen LogP contribution in [0.2, 0.25) is 0 Å². The van der Waals surface area contributed by atoms with Crippen molar-refractivity contribution in [3.63, 3.8) is 0 Å². The molecule has 94 valence electrons. The minimum absolute atomic E-state index is 0.256. The van der Waals surface area contributed by atoms with Gasteiger partial charge in [0.25, 0.3) is 0 Å². The van der Waals surface area contributed by atoms with E-state index in [1.165, 1.54) is 12.8 Å². The Morgan fingerprint density at radius 3 is 2.38 bits per heavy atom. The van der Waals surface area contributed by atoms with Gasteiger partial charge in [-0.15, -0.1) is 0 Å². The lowest BCUT2D eigenvalue weighted by molar-refractivity contribution is -0.137. The topological polar surface area (TPSA) is 40.5 Å². The van der Waals surface area contributed by atoms with Gasteiger partial charge in [-0.1, -0.05) is 13.8 Å². The molecule has 0 aromatic carbocycles. The number of carbonyl (C=O) groups is 1. The molecule has 0 aliphatic heterocycles. The lowest BCUT2D eigenvalue weighted by atomic mass is 10.1. The van der Waals surface area contributed by atoms with Crippen LogP contribution in [-0.2, 0) is 4.79 Å². The normalized spacial score (nSPS) is 22.8. The maximum atomic E-state index is 10.6. The lowest BCUT2D eigenvalue weighted by Crippen LogP contribution is -2.34. The average Bonchev–Trinajstić information content (AvgIpc) is 2.72. The Balaban J connectivity index is 2.26. The fraction of sp³-hybridized carbons (Fsp3) is 0.923. The van der Waals surface area contributed by atoms with Gasteiger partial charge in [0, 0.05) is 12.6 Å². The number of carboxylic acids is 1. The van der Waals surface area contributed by atoms with Crippen molar-refractivity contribution in [3.05, 3.63) is 0 Å². The molecule has 1 N–H and O–H groups in total. The summed E-state index contributed by atoms with van der Waals surface area (Å²) in [5, 5.41) is 8.69. The molecule has 16 heavy (non-hydrogen) atoms. The van der Waals surface area contributed by atoms with Gasteiger partial charge >= 0.3 is 5.97 Å². The van der Waals surface area contributed by atoms with Crippen molar-refractivity contribution < 1.29 is 9.90 Å². The molecule has 1 aliphatic carbocycles. The van der Waals surface area contributed by atoms with Crippen LogP contribution in [0.5, 0.6) is 0 Å². The van der Waals surface area contributed by atoms with Gasteiger partial charge in [-0.25, -0.2) is 0 Å². The fourth-order valence-electron chi connectivity index (χ4n) is 2.26. The summed E-state index contributed by atoms with van der Waals surface area (Å²) < 4.78 is 0. The molecular weight excluding hydrogens is 202 g/mol. The van der Waals surface area contributed by atoms with E-state index < -0.39 is 5.97 Å². The van der Waals surface area contributed by atoms with E-state index in [9.17, 15) is 4.79 Å². The summed E-state index contributed by atoms with van der Waals surface area (Å²) in [5.74, 6) is 0.149. The van der Waals surface area contributed by atoms with Crippen molar-refractivity contribution >= 4 is 5.97 Å². The molecule has 1 aliphatic rings. The van der Waals surface area contributed by atoms with Gasteiger partial charge in [0.05, 0.1) is 6.42 Å². The van der Waals surface area contributed by atoms with Crippen LogP contribution in [0.1, 0.15) is 47.0 Å². The molecule has 0 radical (unpaired) electrons. The molecule has 1 rings (SSSR count). The number of aliphatic carboxylic acids is 1. The van der Waals surface area contributed by atoms with Gasteiger partial charge in [0.2, 0.25) is 0 Å². The Labute approximate surface area is 98.8 Å². The third-order valence-electron chi connectivity index (χ3n) is 3.83. The van der Waals surface area contributed by atoms with Crippen molar-refractivity contribution in [1.82, 2.24) is 4.90 Å². The van der Waals surface area contributed by atoms with Gasteiger partial charge in [0.15, 0.2) is 0 Å². The van der Waals surface area contributed by atoms with Gasteiger partial charge in [-0.2, -0.15) is 0 Å². The molecule has 3 heteroatoms. The molecule has 1 fully saturated rings. The number of nitrogens with zero attached hydrogens (tertiary/aromatic N) is 1. The van der Waals surface area contributed by atoms with Gasteiger partial charge in [-0.05, 0) is 44.6 Å². The van der Waals surface area contributed by atoms with Crippen molar-refractivity contribution in [2.24, 2.45) is 11.3 Å². The smallest absolute Gasteiger partial charge is 0.304 e. The van der Waals surface area contributed by atoms with E-state index in [-0.39, 0.29) is 6.42 Å². The van der Waals surface area contributed by atoms with E-state index >= 15 is 0 Å². The van der Waals surface area contributed by atoms with Crippen molar-refractivity contribution in [3.8, 4) is 0 Å². The van der Waals surface area contributed by atoms with Crippen LogP contribution in [0.4, 0.5) is 0 Å². The van der Waals surface area contributed by atoms with Crippen molar-refractivity contribution in [1.29, 1.82) is 0 Å². The van der Waals surface area contributed by atoms with Crippen LogP contribution < -0.4 is 0 Å². The molecule has 0 spiro atoms. The highest BCUT2D eigenvalue weighted by molar-refractivity contribution is 5.66. The minimum atomic E-state index is -0.697. The number of hydrogen-bond acceptors (Lipinski definition) is 2. The molecule has 1 atom stereocenters. The van der Waals surface area contributed by atoms with Gasteiger partial charge in [0.1, 0.15) is 0 Å². The van der Waals surface area contributed by atoms with E-state index in [0.29, 0.717) is 18.0 Å². The maximum Gasteiger partial charge on any atom is 0.304 e. The summed E-state index contributed by atoms with van der Waals surface area (Å²) in [6, 6.07) is 0.446. The second-order valence-corrected chi connectivity index (χ2v) is 5.95. The zero-order valence-corrected chi connectivity index (χ0v) is 11.0. The summed E-state index contributed by atoms with van der Waals surface area (Å²) in [6.07, 6.45) is 2.80. The molecular formula is C13H25NO2. The highest BCUT2D eigenvalue weighted by Gasteiger charge is 2.44. The van der Waals surface area contributed by atoms with Crippen LogP contribution in [0.15, 0.2) is 0 Å². The van der Waals surface area contributed by atoms with E-state index in [1.54, 1.807) is 0 Å². The second-order valence-electron chi connectivity index (χ2n) is 5.95. The molecule has 0 aromatic rings. The van der Waals surface area contributed by atoms with Crippen LogP contribution in [0.25, 0.3) is 0 Å². The predicted molar refractivity (Wildman–Crippen MR) is 65.5 cm³/mol. The molecule has 0 bridgehead atoms. The van der Waals surface area contributed by atoms with Crippen LogP contribution in [0.3, 0.4) is 0 Å². The van der Waals surface area contributed by atoms with E-state index in [0.717, 1.165) is 12.5 Å². The van der Waals surface area contributed by atoms with E-state index in [4.69, 9.17) is 5.11 Å². The van der Waals surface area contributed by atoms with E-state index in [2.05, 4.69) is 32.6 Å². The first-order valence-corrected chi connectivity index (χ1v) is 6.29. The van der Waals surface area contributed by atoms with Crippen LogP contribution in [0, 0.1) is 11.3 Å². The third kappa shape index (κ3) is 4.12. The highest BCUT2D eigenvalue weighted by Crippen LogP contribution is 2.53. The maximum absolute atomic E-state index is 10.6. The Bertz CT molecular complexity index is 248. The highest BCUT2D eigenvalue weighted by atomic mass is 16.4. The summed E-state index contributed by atoms with van der Waals surface area (Å²) in [4.78, 5) is 12.8. The molecule has 0 heterocycles. The van der Waals surface area contributed by atoms with Crippen molar-refractivity contribution in [2.45, 2.75) is 53.0 Å². The van der Waals surface area contributed by atoms with Crippen LogP contribution >= 0.6 is 0 Å². The van der Waals surface area contributed by atoms with Gasteiger partial charge in [-0.3, -0.25) is 4.79 Å². The number of rotatable bonds is 7. The molecule has 0 saturated heterocycles. The second kappa shape index (κ2) is 5.17. The molecule has 0 aromatic heterocycles. The number of hydrogen-bond donors (Lipinski definition) is 1. The molecule has 3 nitrogen and oxygen atoms in total. The monoisotopic (exact) mass is 227 g/mol. The molecule has 0 amide bonds. The third-order valence-corrected chi connectivity index (χ3v) is 3.83. The first kappa shape index (κ1) is 13.5.